The number of nitrogens with zero attached hydrogens (tertiary/aromatic N) is 3. The highest BCUT2D eigenvalue weighted by Crippen LogP contribution is 2.32. The van der Waals surface area contributed by atoms with Gasteiger partial charge in [-0.2, -0.15) is 0 Å². The summed E-state index contributed by atoms with van der Waals surface area (Å²) in [6.45, 7) is 3.50. The predicted octanol–water partition coefficient (Wildman–Crippen LogP) is 5.77. The van der Waals surface area contributed by atoms with E-state index in [9.17, 15) is 9.18 Å². The zero-order valence-corrected chi connectivity index (χ0v) is 18.9. The van der Waals surface area contributed by atoms with Crippen molar-refractivity contribution in [2.45, 2.75) is 13.8 Å². The van der Waals surface area contributed by atoms with Gasteiger partial charge in [-0.25, -0.2) is 24.1 Å². The van der Waals surface area contributed by atoms with Crippen LogP contribution >= 0.6 is 0 Å². The van der Waals surface area contributed by atoms with E-state index in [1.54, 1.807) is 68.8 Å². The number of carbonyl (C=O) groups is 1. The molecule has 2 aromatic carbocycles. The zero-order chi connectivity index (χ0) is 24.1. The third kappa shape index (κ3) is 5.26. The standard InChI is InChI=1S/C25H23FN6O2/c1-15-6-7-17(14-20(15)26)30-25(33)32-21-9-8-18(13-16(21)2)34-23-19(5-4-11-28-23)22-10-12-29-24(27-3)31-22/h4-14H,1-3H3,(H,27,29,31)(H2,30,32,33). The number of anilines is 3. The SMILES string of the molecule is CNc1nccc(-c2cccnc2Oc2ccc(NC(=O)Nc3ccc(C)c(F)c3)c(C)c2)n1. The summed E-state index contributed by atoms with van der Waals surface area (Å²) in [5.74, 6) is 1.05. The van der Waals surface area contributed by atoms with Gasteiger partial charge in [-0.05, 0) is 73.5 Å². The Morgan fingerprint density at radius 2 is 1.79 bits per heavy atom. The first-order chi connectivity index (χ1) is 16.4. The van der Waals surface area contributed by atoms with Gasteiger partial charge in [0, 0.05) is 30.8 Å². The van der Waals surface area contributed by atoms with Crippen LogP contribution in [-0.2, 0) is 0 Å². The van der Waals surface area contributed by atoms with Gasteiger partial charge in [0.05, 0.1) is 11.3 Å². The van der Waals surface area contributed by atoms with Gasteiger partial charge in [0.25, 0.3) is 0 Å². The van der Waals surface area contributed by atoms with E-state index in [-0.39, 0.29) is 5.82 Å². The van der Waals surface area contributed by atoms with Crippen molar-refractivity contribution in [3.05, 3.63) is 83.9 Å². The Kier molecular flexibility index (Phi) is 6.63. The van der Waals surface area contributed by atoms with Crippen LogP contribution in [0.3, 0.4) is 0 Å². The van der Waals surface area contributed by atoms with Gasteiger partial charge < -0.3 is 20.7 Å². The lowest BCUT2D eigenvalue weighted by Crippen LogP contribution is -2.20. The van der Waals surface area contributed by atoms with E-state index < -0.39 is 6.03 Å². The number of halogens is 1. The minimum absolute atomic E-state index is 0.368. The van der Waals surface area contributed by atoms with Crippen LogP contribution in [0.25, 0.3) is 11.3 Å². The summed E-state index contributed by atoms with van der Waals surface area (Å²) in [7, 11) is 1.75. The Balaban J connectivity index is 1.49. The number of benzene rings is 2. The molecule has 0 aliphatic carbocycles. The fraction of sp³-hybridized carbons (Fsp3) is 0.120. The van der Waals surface area contributed by atoms with Crippen LogP contribution in [0.2, 0.25) is 0 Å². The lowest BCUT2D eigenvalue weighted by atomic mass is 10.2. The maximum absolute atomic E-state index is 13.7. The number of nitrogens with one attached hydrogen (secondary N) is 3. The summed E-state index contributed by atoms with van der Waals surface area (Å²) in [5.41, 5.74) is 3.63. The molecule has 0 fully saturated rings. The van der Waals surface area contributed by atoms with Crippen molar-refractivity contribution in [2.24, 2.45) is 0 Å². The largest absolute Gasteiger partial charge is 0.438 e. The van der Waals surface area contributed by atoms with Crippen LogP contribution in [0.5, 0.6) is 11.6 Å². The van der Waals surface area contributed by atoms with Crippen molar-refractivity contribution < 1.29 is 13.9 Å². The topological polar surface area (TPSA) is 101 Å². The van der Waals surface area contributed by atoms with E-state index in [0.717, 1.165) is 5.56 Å². The van der Waals surface area contributed by atoms with Gasteiger partial charge in [-0.3, -0.25) is 0 Å². The zero-order valence-electron chi connectivity index (χ0n) is 18.9. The quantitative estimate of drug-likeness (QED) is 0.339. The van der Waals surface area contributed by atoms with E-state index in [1.165, 1.54) is 6.07 Å². The average Bonchev–Trinajstić information content (AvgIpc) is 2.83. The summed E-state index contributed by atoms with van der Waals surface area (Å²) >= 11 is 0. The molecule has 172 valence electrons. The summed E-state index contributed by atoms with van der Waals surface area (Å²) in [5, 5.41) is 8.31. The van der Waals surface area contributed by atoms with Crippen molar-refractivity contribution in [3.8, 4) is 22.9 Å². The lowest BCUT2D eigenvalue weighted by Gasteiger charge is -2.13. The van der Waals surface area contributed by atoms with Crippen molar-refractivity contribution in [2.75, 3.05) is 23.0 Å². The van der Waals surface area contributed by atoms with E-state index in [4.69, 9.17) is 4.74 Å². The second-order valence-corrected chi connectivity index (χ2v) is 7.49. The van der Waals surface area contributed by atoms with Crippen molar-refractivity contribution >= 4 is 23.4 Å². The number of hydrogen-bond donors (Lipinski definition) is 3. The fourth-order valence-electron chi connectivity index (χ4n) is 3.20. The second kappa shape index (κ2) is 9.95. The van der Waals surface area contributed by atoms with Gasteiger partial charge in [0.2, 0.25) is 11.8 Å². The molecule has 34 heavy (non-hydrogen) atoms. The lowest BCUT2D eigenvalue weighted by molar-refractivity contribution is 0.262. The van der Waals surface area contributed by atoms with Gasteiger partial charge in [-0.1, -0.05) is 6.07 Å². The molecule has 9 heteroatoms. The van der Waals surface area contributed by atoms with Crippen LogP contribution < -0.4 is 20.7 Å². The van der Waals surface area contributed by atoms with Crippen LogP contribution in [0.4, 0.5) is 26.5 Å². The van der Waals surface area contributed by atoms with E-state index >= 15 is 0 Å². The molecule has 0 saturated heterocycles. The van der Waals surface area contributed by atoms with Gasteiger partial charge in [-0.15, -0.1) is 0 Å². The molecule has 2 aromatic heterocycles. The van der Waals surface area contributed by atoms with Crippen molar-refractivity contribution in [3.63, 3.8) is 0 Å². The second-order valence-electron chi connectivity index (χ2n) is 7.49. The molecule has 0 bridgehead atoms. The van der Waals surface area contributed by atoms with E-state index in [1.807, 2.05) is 13.0 Å². The Labute approximate surface area is 196 Å². The highest BCUT2D eigenvalue weighted by molar-refractivity contribution is 6.00. The Morgan fingerprint density at radius 3 is 2.56 bits per heavy atom. The molecule has 4 aromatic rings. The van der Waals surface area contributed by atoms with Crippen LogP contribution in [-0.4, -0.2) is 28.0 Å². The summed E-state index contributed by atoms with van der Waals surface area (Å²) in [6, 6.07) is 14.7. The molecule has 0 spiro atoms. The summed E-state index contributed by atoms with van der Waals surface area (Å²) in [4.78, 5) is 25.3. The Bertz CT molecular complexity index is 1340. The molecule has 0 aliphatic heterocycles. The number of aryl methyl sites for hydroxylation is 2. The number of hydrogen-bond acceptors (Lipinski definition) is 6. The fourth-order valence-corrected chi connectivity index (χ4v) is 3.20. The predicted molar refractivity (Wildman–Crippen MR) is 130 cm³/mol. The molecule has 0 atom stereocenters. The highest BCUT2D eigenvalue weighted by atomic mass is 19.1. The third-order valence-electron chi connectivity index (χ3n) is 5.02. The maximum Gasteiger partial charge on any atom is 0.323 e. The third-order valence-corrected chi connectivity index (χ3v) is 5.02. The number of pyridine rings is 1. The van der Waals surface area contributed by atoms with E-state index in [2.05, 4.69) is 30.9 Å². The molecule has 2 heterocycles. The Morgan fingerprint density at radius 1 is 0.941 bits per heavy atom. The number of urea groups is 1. The summed E-state index contributed by atoms with van der Waals surface area (Å²) in [6.07, 6.45) is 3.30. The summed E-state index contributed by atoms with van der Waals surface area (Å²) < 4.78 is 19.8. The first kappa shape index (κ1) is 22.7. The maximum atomic E-state index is 13.7. The minimum Gasteiger partial charge on any atom is -0.438 e. The smallest absolute Gasteiger partial charge is 0.323 e. The molecule has 0 aliphatic rings. The van der Waals surface area contributed by atoms with Crippen molar-refractivity contribution in [1.29, 1.82) is 0 Å². The molecule has 2 amide bonds. The first-order valence-corrected chi connectivity index (χ1v) is 10.5. The van der Waals surface area contributed by atoms with Gasteiger partial charge in [0.1, 0.15) is 11.6 Å². The average molecular weight is 458 g/mol. The number of ether oxygens (including phenoxy) is 1. The normalized spacial score (nSPS) is 10.5. The van der Waals surface area contributed by atoms with Gasteiger partial charge in [0.15, 0.2) is 0 Å². The molecule has 3 N–H and O–H groups in total. The molecule has 0 unspecified atom stereocenters. The molecule has 8 nitrogen and oxygen atoms in total. The van der Waals surface area contributed by atoms with Crippen molar-refractivity contribution in [1.82, 2.24) is 15.0 Å². The molecule has 0 radical (unpaired) electrons. The monoisotopic (exact) mass is 458 g/mol. The molecular formula is C25H23FN6O2. The van der Waals surface area contributed by atoms with Crippen LogP contribution in [0.15, 0.2) is 67.0 Å². The molecule has 4 rings (SSSR count). The molecule has 0 saturated carbocycles. The van der Waals surface area contributed by atoms with Crippen LogP contribution in [0, 0.1) is 19.7 Å². The number of rotatable bonds is 6. The van der Waals surface area contributed by atoms with E-state index in [0.29, 0.717) is 45.8 Å². The first-order valence-electron chi connectivity index (χ1n) is 10.5. The number of carbonyl (C=O) groups excluding carboxylic acids is 1. The Hall–Kier alpha value is -4.53. The minimum atomic E-state index is -0.476. The number of aromatic nitrogens is 3. The molecular weight excluding hydrogens is 435 g/mol. The number of amides is 2. The van der Waals surface area contributed by atoms with Gasteiger partial charge >= 0.3 is 6.03 Å². The highest BCUT2D eigenvalue weighted by Gasteiger charge is 2.12. The van der Waals surface area contributed by atoms with Crippen LogP contribution in [0.1, 0.15) is 11.1 Å².